The van der Waals surface area contributed by atoms with Crippen molar-refractivity contribution >= 4 is 11.6 Å². The molecule has 0 unspecified atom stereocenters. The highest BCUT2D eigenvalue weighted by molar-refractivity contribution is 5.92. The van der Waals surface area contributed by atoms with E-state index in [1.807, 2.05) is 6.07 Å². The Kier molecular flexibility index (Phi) is 5.14. The van der Waals surface area contributed by atoms with Gasteiger partial charge in [-0.25, -0.2) is 0 Å². The molecular weight excluding hydrogens is 218 g/mol. The lowest BCUT2D eigenvalue weighted by molar-refractivity contribution is -0.117. The molecule has 0 saturated carbocycles. The van der Waals surface area contributed by atoms with E-state index in [0.717, 1.165) is 0 Å². The summed E-state index contributed by atoms with van der Waals surface area (Å²) in [6, 6.07) is 8.74. The number of hydrogen-bond acceptors (Lipinski definition) is 4. The van der Waals surface area contributed by atoms with E-state index in [9.17, 15) is 4.79 Å². The van der Waals surface area contributed by atoms with Crippen molar-refractivity contribution < 1.29 is 9.90 Å². The fraction of sp³-hybridized carbons (Fsp3) is 0.333. The van der Waals surface area contributed by atoms with Gasteiger partial charge in [-0.3, -0.25) is 9.69 Å². The maximum absolute atomic E-state index is 11.6. The lowest BCUT2D eigenvalue weighted by Crippen LogP contribution is -2.32. The van der Waals surface area contributed by atoms with Crippen LogP contribution in [0.25, 0.3) is 0 Å². The summed E-state index contributed by atoms with van der Waals surface area (Å²) < 4.78 is 0. The SMILES string of the molecule is CN(CCO)CC(=O)Nc1cccc(C#N)c1. The Bertz CT molecular complexity index is 426. The molecule has 0 bridgehead atoms. The average molecular weight is 233 g/mol. The molecule has 0 heterocycles. The smallest absolute Gasteiger partial charge is 0.238 e. The molecule has 0 radical (unpaired) electrons. The van der Waals surface area contributed by atoms with Gasteiger partial charge in [-0.05, 0) is 25.2 Å². The summed E-state index contributed by atoms with van der Waals surface area (Å²) >= 11 is 0. The number of hydrogen-bond donors (Lipinski definition) is 2. The first-order valence-corrected chi connectivity index (χ1v) is 5.25. The van der Waals surface area contributed by atoms with E-state index in [2.05, 4.69) is 5.32 Å². The van der Waals surface area contributed by atoms with E-state index in [0.29, 0.717) is 17.8 Å². The molecular formula is C12H15N3O2. The predicted octanol–water partition coefficient (Wildman–Crippen LogP) is 0.421. The number of benzene rings is 1. The molecule has 1 aromatic carbocycles. The van der Waals surface area contributed by atoms with Crippen LogP contribution in [0, 0.1) is 11.3 Å². The molecule has 5 heteroatoms. The lowest BCUT2D eigenvalue weighted by atomic mass is 10.2. The van der Waals surface area contributed by atoms with E-state index in [1.54, 1.807) is 36.2 Å². The van der Waals surface area contributed by atoms with Crippen LogP contribution in [0.15, 0.2) is 24.3 Å². The monoisotopic (exact) mass is 233 g/mol. The first-order valence-electron chi connectivity index (χ1n) is 5.25. The van der Waals surface area contributed by atoms with Crippen LogP contribution < -0.4 is 5.32 Å². The van der Waals surface area contributed by atoms with Crippen molar-refractivity contribution in [2.45, 2.75) is 0 Å². The van der Waals surface area contributed by atoms with Gasteiger partial charge in [0.25, 0.3) is 0 Å². The van der Waals surface area contributed by atoms with Gasteiger partial charge in [-0.2, -0.15) is 5.26 Å². The third-order valence-corrected chi connectivity index (χ3v) is 2.17. The molecule has 5 nitrogen and oxygen atoms in total. The highest BCUT2D eigenvalue weighted by Crippen LogP contribution is 2.09. The third kappa shape index (κ3) is 4.64. The zero-order valence-electron chi connectivity index (χ0n) is 9.68. The topological polar surface area (TPSA) is 76.4 Å². The summed E-state index contributed by atoms with van der Waals surface area (Å²) in [5, 5.41) is 20.1. The molecule has 90 valence electrons. The summed E-state index contributed by atoms with van der Waals surface area (Å²) in [7, 11) is 1.75. The van der Waals surface area contributed by atoms with Gasteiger partial charge in [0.2, 0.25) is 5.91 Å². The highest BCUT2D eigenvalue weighted by Gasteiger charge is 2.06. The summed E-state index contributed by atoms with van der Waals surface area (Å²) in [5.74, 6) is -0.170. The number of likely N-dealkylation sites (N-methyl/N-ethyl adjacent to an activating group) is 1. The number of nitriles is 1. The van der Waals surface area contributed by atoms with Gasteiger partial charge >= 0.3 is 0 Å². The van der Waals surface area contributed by atoms with Crippen LogP contribution in [0.1, 0.15) is 5.56 Å². The minimum Gasteiger partial charge on any atom is -0.395 e. The second-order valence-corrected chi connectivity index (χ2v) is 3.70. The average Bonchev–Trinajstić information content (AvgIpc) is 2.29. The first-order chi connectivity index (χ1) is 8.15. The molecule has 0 aliphatic carbocycles. The van der Waals surface area contributed by atoms with Crippen molar-refractivity contribution in [3.05, 3.63) is 29.8 Å². The predicted molar refractivity (Wildman–Crippen MR) is 64.4 cm³/mol. The van der Waals surface area contributed by atoms with Gasteiger partial charge in [-0.1, -0.05) is 6.07 Å². The summed E-state index contributed by atoms with van der Waals surface area (Å²) in [5.41, 5.74) is 1.11. The van der Waals surface area contributed by atoms with E-state index in [1.165, 1.54) is 0 Å². The lowest BCUT2D eigenvalue weighted by Gasteiger charge is -2.14. The van der Waals surface area contributed by atoms with Crippen molar-refractivity contribution in [2.75, 3.05) is 32.1 Å². The largest absolute Gasteiger partial charge is 0.395 e. The van der Waals surface area contributed by atoms with Gasteiger partial charge in [0.15, 0.2) is 0 Å². The van der Waals surface area contributed by atoms with Crippen LogP contribution in [-0.4, -0.2) is 42.7 Å². The number of nitrogens with zero attached hydrogens (tertiary/aromatic N) is 2. The Hall–Kier alpha value is -1.90. The standard InChI is InChI=1S/C12H15N3O2/c1-15(5-6-16)9-12(17)14-11-4-2-3-10(7-11)8-13/h2-4,7,16H,5-6,9H2,1H3,(H,14,17). The fourth-order valence-corrected chi connectivity index (χ4v) is 1.36. The second kappa shape index (κ2) is 6.63. The van der Waals surface area contributed by atoms with E-state index in [4.69, 9.17) is 10.4 Å². The molecule has 1 amide bonds. The van der Waals surface area contributed by atoms with E-state index in [-0.39, 0.29) is 19.1 Å². The van der Waals surface area contributed by atoms with Gasteiger partial charge in [-0.15, -0.1) is 0 Å². The Morgan fingerprint density at radius 2 is 2.35 bits per heavy atom. The summed E-state index contributed by atoms with van der Waals surface area (Å²) in [6.45, 7) is 0.677. The second-order valence-electron chi connectivity index (χ2n) is 3.70. The summed E-state index contributed by atoms with van der Waals surface area (Å²) in [6.07, 6.45) is 0. The number of anilines is 1. The van der Waals surface area contributed by atoms with Crippen LogP contribution in [0.2, 0.25) is 0 Å². The van der Waals surface area contributed by atoms with Crippen LogP contribution in [-0.2, 0) is 4.79 Å². The molecule has 1 rings (SSSR count). The summed E-state index contributed by atoms with van der Waals surface area (Å²) in [4.78, 5) is 13.3. The zero-order valence-corrected chi connectivity index (χ0v) is 9.68. The minimum absolute atomic E-state index is 0.0215. The Morgan fingerprint density at radius 3 is 3.00 bits per heavy atom. The molecule has 0 aromatic heterocycles. The molecule has 17 heavy (non-hydrogen) atoms. The number of carbonyl (C=O) groups excluding carboxylic acids is 1. The van der Waals surface area contributed by atoms with Gasteiger partial charge in [0, 0.05) is 12.2 Å². The zero-order chi connectivity index (χ0) is 12.7. The number of rotatable bonds is 5. The van der Waals surface area contributed by atoms with Gasteiger partial charge in [0.1, 0.15) is 0 Å². The van der Waals surface area contributed by atoms with Crippen molar-refractivity contribution in [1.29, 1.82) is 5.26 Å². The number of carbonyl (C=O) groups is 1. The number of aliphatic hydroxyl groups excluding tert-OH is 1. The van der Waals surface area contributed by atoms with Crippen molar-refractivity contribution in [2.24, 2.45) is 0 Å². The van der Waals surface area contributed by atoms with E-state index >= 15 is 0 Å². The minimum atomic E-state index is -0.170. The number of aliphatic hydroxyl groups is 1. The van der Waals surface area contributed by atoms with E-state index < -0.39 is 0 Å². The maximum atomic E-state index is 11.6. The maximum Gasteiger partial charge on any atom is 0.238 e. The van der Waals surface area contributed by atoms with Gasteiger partial charge < -0.3 is 10.4 Å². The van der Waals surface area contributed by atoms with Crippen LogP contribution in [0.5, 0.6) is 0 Å². The van der Waals surface area contributed by atoms with Crippen molar-refractivity contribution in [3.63, 3.8) is 0 Å². The molecule has 1 aromatic rings. The van der Waals surface area contributed by atoms with Crippen molar-refractivity contribution in [1.82, 2.24) is 4.90 Å². The molecule has 2 N–H and O–H groups in total. The first kappa shape index (κ1) is 13.2. The Balaban J connectivity index is 2.53. The van der Waals surface area contributed by atoms with Gasteiger partial charge in [0.05, 0.1) is 24.8 Å². The normalized spacial score (nSPS) is 10.0. The number of amides is 1. The van der Waals surface area contributed by atoms with Crippen LogP contribution in [0.4, 0.5) is 5.69 Å². The molecule has 0 aliphatic rings. The highest BCUT2D eigenvalue weighted by atomic mass is 16.3. The van der Waals surface area contributed by atoms with Crippen molar-refractivity contribution in [3.8, 4) is 6.07 Å². The fourth-order valence-electron chi connectivity index (χ4n) is 1.36. The third-order valence-electron chi connectivity index (χ3n) is 2.17. The molecule has 0 atom stereocenters. The van der Waals surface area contributed by atoms with Crippen LogP contribution in [0.3, 0.4) is 0 Å². The number of nitrogens with one attached hydrogen (secondary N) is 1. The Morgan fingerprint density at radius 1 is 1.59 bits per heavy atom. The van der Waals surface area contributed by atoms with Crippen LogP contribution >= 0.6 is 0 Å². The molecule has 0 saturated heterocycles. The quantitative estimate of drug-likeness (QED) is 0.772. The molecule has 0 spiro atoms. The Labute approximate surface area is 100 Å². The molecule has 0 fully saturated rings. The molecule has 0 aliphatic heterocycles.